The molecule has 0 saturated heterocycles. The number of nitrogens with zero attached hydrogens (tertiary/aromatic N) is 3. The van der Waals surface area contributed by atoms with Crippen LogP contribution >= 0.6 is 0 Å². The molecule has 0 atom stereocenters. The fourth-order valence-electron chi connectivity index (χ4n) is 5.18. The van der Waals surface area contributed by atoms with Gasteiger partial charge in [-0.3, -0.25) is 4.40 Å². The number of rotatable bonds is 2. The average molecular weight is 378 g/mol. The molecule has 0 saturated carbocycles. The van der Waals surface area contributed by atoms with Gasteiger partial charge in [-0.05, 0) is 54.0 Å². The van der Waals surface area contributed by atoms with Crippen LogP contribution < -0.4 is 4.57 Å². The molecule has 4 heterocycles. The third-order valence-electron chi connectivity index (χ3n) is 6.30. The predicted molar refractivity (Wildman–Crippen MR) is 121 cm³/mol. The zero-order valence-electron chi connectivity index (χ0n) is 17.3. The molecule has 0 aliphatic carbocycles. The van der Waals surface area contributed by atoms with Crippen LogP contribution in [0.1, 0.15) is 25.0 Å². The summed E-state index contributed by atoms with van der Waals surface area (Å²) in [6.45, 7) is 6.80. The van der Waals surface area contributed by atoms with Crippen LogP contribution in [0.25, 0.3) is 49.1 Å². The molecule has 6 rings (SSSR count). The molecule has 0 aliphatic heterocycles. The van der Waals surface area contributed by atoms with E-state index in [1.165, 1.54) is 54.6 Å². The van der Waals surface area contributed by atoms with E-state index >= 15 is 0 Å². The number of aryl methyl sites for hydroxylation is 2. The zero-order valence-corrected chi connectivity index (χ0v) is 17.3. The lowest BCUT2D eigenvalue weighted by atomic mass is 9.96. The van der Waals surface area contributed by atoms with Crippen LogP contribution in [0.5, 0.6) is 0 Å². The fourth-order valence-corrected chi connectivity index (χ4v) is 5.18. The molecule has 29 heavy (non-hydrogen) atoms. The second-order valence-corrected chi connectivity index (χ2v) is 8.82. The summed E-state index contributed by atoms with van der Waals surface area (Å²) in [7, 11) is 2.16. The molecule has 0 aliphatic rings. The molecule has 142 valence electrons. The van der Waals surface area contributed by atoms with Crippen molar-refractivity contribution < 1.29 is 4.57 Å². The van der Waals surface area contributed by atoms with Crippen molar-refractivity contribution in [1.29, 1.82) is 0 Å². The van der Waals surface area contributed by atoms with Crippen molar-refractivity contribution >= 4 is 49.1 Å². The summed E-state index contributed by atoms with van der Waals surface area (Å²) in [6, 6.07) is 15.8. The number of hydrogen-bond donors (Lipinski definition) is 0. The van der Waals surface area contributed by atoms with E-state index in [0.717, 1.165) is 12.1 Å². The molecule has 0 fully saturated rings. The van der Waals surface area contributed by atoms with E-state index in [4.69, 9.17) is 4.98 Å². The van der Waals surface area contributed by atoms with Crippen LogP contribution in [0.3, 0.4) is 0 Å². The quantitative estimate of drug-likeness (QED) is 0.215. The van der Waals surface area contributed by atoms with E-state index < -0.39 is 0 Å². The largest absolute Gasteiger partial charge is 0.292 e. The Morgan fingerprint density at radius 1 is 1.03 bits per heavy atom. The second-order valence-electron chi connectivity index (χ2n) is 8.82. The van der Waals surface area contributed by atoms with Crippen LogP contribution in [0.4, 0.5) is 0 Å². The van der Waals surface area contributed by atoms with E-state index in [1.54, 1.807) is 0 Å². The van der Waals surface area contributed by atoms with Gasteiger partial charge in [-0.1, -0.05) is 32.0 Å². The van der Waals surface area contributed by atoms with Crippen molar-refractivity contribution in [1.82, 2.24) is 9.38 Å². The van der Waals surface area contributed by atoms with Crippen molar-refractivity contribution in [2.75, 3.05) is 0 Å². The minimum absolute atomic E-state index is 0.622. The number of benzene rings is 2. The lowest BCUT2D eigenvalue weighted by Gasteiger charge is -2.14. The van der Waals surface area contributed by atoms with Gasteiger partial charge in [0.15, 0.2) is 6.20 Å². The minimum Gasteiger partial charge on any atom is -0.292 e. The van der Waals surface area contributed by atoms with Gasteiger partial charge < -0.3 is 0 Å². The van der Waals surface area contributed by atoms with Gasteiger partial charge in [-0.25, -0.2) is 9.55 Å². The Morgan fingerprint density at radius 3 is 2.72 bits per heavy atom. The first kappa shape index (κ1) is 16.7. The third-order valence-corrected chi connectivity index (χ3v) is 6.30. The van der Waals surface area contributed by atoms with Gasteiger partial charge >= 0.3 is 0 Å². The molecule has 4 aromatic heterocycles. The van der Waals surface area contributed by atoms with Gasteiger partial charge in [0.2, 0.25) is 5.52 Å². The van der Waals surface area contributed by atoms with E-state index in [2.05, 4.69) is 79.4 Å². The summed E-state index contributed by atoms with van der Waals surface area (Å²) in [4.78, 5) is 4.82. The fraction of sp³-hybridized carbons (Fsp3) is 0.231. The standard InChI is InChI=1S/C26H24N3/c1-15(2)12-17-13-18-9-11-28(4)25-22-16(3)7-8-19-20-6-5-10-27-26(20)29(24(19)22)21(14-17)23(18)25/h5-11,13-15H,12H2,1-4H3/q+1. The Bertz CT molecular complexity index is 1570. The molecule has 0 amide bonds. The van der Waals surface area contributed by atoms with Gasteiger partial charge in [0.05, 0.1) is 21.8 Å². The Kier molecular flexibility index (Phi) is 3.27. The highest BCUT2D eigenvalue weighted by Gasteiger charge is 2.24. The van der Waals surface area contributed by atoms with Crippen LogP contribution in [0.2, 0.25) is 0 Å². The average Bonchev–Trinajstić information content (AvgIpc) is 3.03. The van der Waals surface area contributed by atoms with Crippen LogP contribution in [-0.2, 0) is 13.5 Å². The smallest absolute Gasteiger partial charge is 0.224 e. The molecule has 2 aromatic carbocycles. The maximum Gasteiger partial charge on any atom is 0.224 e. The monoisotopic (exact) mass is 378 g/mol. The molecule has 0 unspecified atom stereocenters. The first-order chi connectivity index (χ1) is 14.0. The highest BCUT2D eigenvalue weighted by molar-refractivity contribution is 6.25. The Morgan fingerprint density at radius 2 is 1.90 bits per heavy atom. The lowest BCUT2D eigenvalue weighted by Crippen LogP contribution is -2.29. The molecular formula is C26H24N3+. The molecule has 6 aromatic rings. The van der Waals surface area contributed by atoms with Gasteiger partial charge in [0, 0.05) is 23.0 Å². The molecule has 0 N–H and O–H groups in total. The molecule has 0 radical (unpaired) electrons. The van der Waals surface area contributed by atoms with E-state index in [0.29, 0.717) is 5.92 Å². The van der Waals surface area contributed by atoms with Crippen molar-refractivity contribution in [3.8, 4) is 0 Å². The van der Waals surface area contributed by atoms with Crippen molar-refractivity contribution in [2.24, 2.45) is 13.0 Å². The second kappa shape index (κ2) is 5.66. The summed E-state index contributed by atoms with van der Waals surface area (Å²) in [5, 5.41) is 6.48. The number of fused-ring (bicyclic) bond motifs is 5. The number of hydrogen-bond acceptors (Lipinski definition) is 1. The van der Waals surface area contributed by atoms with Gasteiger partial charge in [0.25, 0.3) is 0 Å². The molecule has 3 nitrogen and oxygen atoms in total. The Balaban J connectivity index is 2.01. The van der Waals surface area contributed by atoms with Crippen LogP contribution in [0, 0.1) is 12.8 Å². The van der Waals surface area contributed by atoms with Gasteiger partial charge in [0.1, 0.15) is 12.7 Å². The van der Waals surface area contributed by atoms with Crippen molar-refractivity contribution in [3.63, 3.8) is 0 Å². The summed E-state index contributed by atoms with van der Waals surface area (Å²) in [6.07, 6.45) is 5.19. The number of aromatic nitrogens is 3. The maximum absolute atomic E-state index is 4.82. The van der Waals surface area contributed by atoms with Crippen LogP contribution in [-0.4, -0.2) is 9.38 Å². The highest BCUT2D eigenvalue weighted by Crippen LogP contribution is 2.40. The topological polar surface area (TPSA) is 21.2 Å². The predicted octanol–water partition coefficient (Wildman–Crippen LogP) is 5.72. The maximum atomic E-state index is 4.82. The number of pyridine rings is 3. The summed E-state index contributed by atoms with van der Waals surface area (Å²) >= 11 is 0. The van der Waals surface area contributed by atoms with E-state index in [1.807, 2.05) is 12.3 Å². The summed E-state index contributed by atoms with van der Waals surface area (Å²) in [5.74, 6) is 0.622. The SMILES string of the molecule is Cc1ccc2c3cccnc3n3c4cc(CC(C)C)cc5cc[n+](C)c(c1c23)c54. The minimum atomic E-state index is 0.622. The normalized spacial score (nSPS) is 12.6. The van der Waals surface area contributed by atoms with E-state index in [9.17, 15) is 0 Å². The first-order valence-electron chi connectivity index (χ1n) is 10.4. The molecule has 3 heteroatoms. The summed E-state index contributed by atoms with van der Waals surface area (Å²) in [5.41, 5.74) is 7.62. The first-order valence-corrected chi connectivity index (χ1v) is 10.4. The lowest BCUT2D eigenvalue weighted by molar-refractivity contribution is -0.643. The summed E-state index contributed by atoms with van der Waals surface area (Å²) < 4.78 is 4.69. The Hall–Kier alpha value is -3.20. The van der Waals surface area contributed by atoms with Gasteiger partial charge in [-0.2, -0.15) is 0 Å². The van der Waals surface area contributed by atoms with Crippen molar-refractivity contribution in [2.45, 2.75) is 27.2 Å². The van der Waals surface area contributed by atoms with Crippen LogP contribution in [0.15, 0.2) is 54.9 Å². The highest BCUT2D eigenvalue weighted by atomic mass is 15.0. The Labute approximate surface area is 169 Å². The van der Waals surface area contributed by atoms with Gasteiger partial charge in [-0.15, -0.1) is 0 Å². The van der Waals surface area contributed by atoms with Crippen molar-refractivity contribution in [3.05, 3.63) is 66.0 Å². The molecule has 0 bridgehead atoms. The molecule has 0 spiro atoms. The zero-order chi connectivity index (χ0) is 19.9. The molecular weight excluding hydrogens is 354 g/mol. The van der Waals surface area contributed by atoms with E-state index in [-0.39, 0.29) is 0 Å². The third kappa shape index (κ3) is 2.13.